The zero-order valence-corrected chi connectivity index (χ0v) is 9.87. The molecule has 2 heterocycles. The van der Waals surface area contributed by atoms with Gasteiger partial charge in [0.25, 0.3) is 0 Å². The first kappa shape index (κ1) is 10.5. The summed E-state index contributed by atoms with van der Waals surface area (Å²) < 4.78 is 0. The molecule has 1 atom stereocenters. The second-order valence-corrected chi connectivity index (χ2v) is 5.16. The molecule has 0 aliphatic carbocycles. The Morgan fingerprint density at radius 1 is 1.33 bits per heavy atom. The van der Waals surface area contributed by atoms with E-state index < -0.39 is 6.23 Å². The highest BCUT2D eigenvalue weighted by Gasteiger charge is 2.18. The molecule has 0 saturated heterocycles. The maximum atomic E-state index is 10.1. The Hall–Kier alpha value is -1.00. The van der Waals surface area contributed by atoms with Crippen molar-refractivity contribution in [2.24, 2.45) is 0 Å². The van der Waals surface area contributed by atoms with Crippen molar-refractivity contribution in [2.75, 3.05) is 20.1 Å². The summed E-state index contributed by atoms with van der Waals surface area (Å²) in [6.45, 7) is 3.88. The highest BCUT2D eigenvalue weighted by atomic mass is 32.1. The van der Waals surface area contributed by atoms with Crippen LogP contribution < -0.4 is 0 Å². The first-order chi connectivity index (χ1) is 7.16. The summed E-state index contributed by atoms with van der Waals surface area (Å²) in [7, 11) is 2.04. The van der Waals surface area contributed by atoms with Crippen LogP contribution in [0.5, 0.6) is 0 Å². The normalized spacial score (nSPS) is 18.3. The Balaban J connectivity index is 2.08. The highest BCUT2D eigenvalue weighted by Crippen LogP contribution is 2.26. The van der Waals surface area contributed by atoms with Gasteiger partial charge in [-0.15, -0.1) is 11.3 Å². The predicted molar refractivity (Wildman–Crippen MR) is 62.5 cm³/mol. The Morgan fingerprint density at radius 3 is 2.67 bits per heavy atom. The summed E-state index contributed by atoms with van der Waals surface area (Å²) in [5.74, 6) is 0. The van der Waals surface area contributed by atoms with Crippen LogP contribution in [0.4, 0.5) is 0 Å². The maximum Gasteiger partial charge on any atom is 0.162 e. The molecule has 1 N–H and O–H groups in total. The SMILES string of the molecule is Cc1ccc(C(O)N2C=CN(C)CC2)s1. The lowest BCUT2D eigenvalue weighted by molar-refractivity contribution is 0.0299. The minimum Gasteiger partial charge on any atom is -0.377 e. The van der Waals surface area contributed by atoms with Crippen molar-refractivity contribution in [1.82, 2.24) is 9.80 Å². The third kappa shape index (κ3) is 2.33. The number of thiophene rings is 1. The monoisotopic (exact) mass is 224 g/mol. The number of aryl methyl sites for hydroxylation is 1. The molecule has 0 bridgehead atoms. The molecule has 0 fully saturated rings. The average Bonchev–Trinajstić information content (AvgIpc) is 2.65. The fourth-order valence-electron chi connectivity index (χ4n) is 1.58. The molecule has 82 valence electrons. The molecule has 1 aliphatic rings. The number of aliphatic hydroxyl groups is 1. The van der Waals surface area contributed by atoms with E-state index >= 15 is 0 Å². The van der Waals surface area contributed by atoms with Crippen LogP contribution >= 0.6 is 11.3 Å². The first-order valence-electron chi connectivity index (χ1n) is 5.05. The van der Waals surface area contributed by atoms with E-state index in [-0.39, 0.29) is 0 Å². The van der Waals surface area contributed by atoms with Crippen LogP contribution in [0.3, 0.4) is 0 Å². The van der Waals surface area contributed by atoms with E-state index in [1.807, 2.05) is 36.5 Å². The summed E-state index contributed by atoms with van der Waals surface area (Å²) in [6, 6.07) is 4.04. The van der Waals surface area contributed by atoms with Crippen molar-refractivity contribution in [3.63, 3.8) is 0 Å². The quantitative estimate of drug-likeness (QED) is 0.829. The number of nitrogens with zero attached hydrogens (tertiary/aromatic N) is 2. The van der Waals surface area contributed by atoms with Crippen LogP contribution in [-0.2, 0) is 0 Å². The zero-order chi connectivity index (χ0) is 10.8. The Bertz CT molecular complexity index is 361. The van der Waals surface area contributed by atoms with Crippen molar-refractivity contribution >= 4 is 11.3 Å². The van der Waals surface area contributed by atoms with E-state index in [0.717, 1.165) is 18.0 Å². The fourth-order valence-corrected chi connectivity index (χ4v) is 2.47. The predicted octanol–water partition coefficient (Wildman–Crippen LogP) is 1.77. The van der Waals surface area contributed by atoms with Crippen LogP contribution in [0, 0.1) is 6.92 Å². The number of likely N-dealkylation sites (N-methyl/N-ethyl adjacent to an activating group) is 1. The molecule has 0 amide bonds. The summed E-state index contributed by atoms with van der Waals surface area (Å²) >= 11 is 1.65. The second kappa shape index (κ2) is 4.24. The molecule has 0 saturated carbocycles. The van der Waals surface area contributed by atoms with Crippen molar-refractivity contribution in [3.8, 4) is 0 Å². The third-order valence-corrected chi connectivity index (χ3v) is 3.59. The van der Waals surface area contributed by atoms with E-state index in [4.69, 9.17) is 0 Å². The molecule has 0 radical (unpaired) electrons. The molecule has 3 nitrogen and oxygen atoms in total. The van der Waals surface area contributed by atoms with Crippen LogP contribution in [0.15, 0.2) is 24.5 Å². The van der Waals surface area contributed by atoms with E-state index in [0.29, 0.717) is 0 Å². The van der Waals surface area contributed by atoms with Gasteiger partial charge in [0.05, 0.1) is 4.88 Å². The number of hydrogen-bond donors (Lipinski definition) is 1. The van der Waals surface area contributed by atoms with Gasteiger partial charge in [0, 0.05) is 37.4 Å². The van der Waals surface area contributed by atoms with E-state index in [1.165, 1.54) is 4.88 Å². The summed E-state index contributed by atoms with van der Waals surface area (Å²) in [5.41, 5.74) is 0. The van der Waals surface area contributed by atoms with Crippen LogP contribution in [0.1, 0.15) is 16.0 Å². The molecular weight excluding hydrogens is 208 g/mol. The van der Waals surface area contributed by atoms with Crippen molar-refractivity contribution < 1.29 is 5.11 Å². The number of hydrogen-bond acceptors (Lipinski definition) is 4. The molecule has 2 rings (SSSR count). The third-order valence-electron chi connectivity index (χ3n) is 2.55. The number of aliphatic hydroxyl groups excluding tert-OH is 1. The molecule has 0 aromatic carbocycles. The van der Waals surface area contributed by atoms with E-state index in [9.17, 15) is 5.11 Å². The van der Waals surface area contributed by atoms with Gasteiger partial charge < -0.3 is 14.9 Å². The lowest BCUT2D eigenvalue weighted by atomic mass is 10.3. The average molecular weight is 224 g/mol. The first-order valence-corrected chi connectivity index (χ1v) is 5.87. The van der Waals surface area contributed by atoms with Crippen molar-refractivity contribution in [1.29, 1.82) is 0 Å². The van der Waals surface area contributed by atoms with Crippen molar-refractivity contribution in [3.05, 3.63) is 34.3 Å². The molecule has 1 aromatic rings. The lowest BCUT2D eigenvalue weighted by Crippen LogP contribution is -2.34. The van der Waals surface area contributed by atoms with Gasteiger partial charge in [-0.05, 0) is 19.1 Å². The van der Waals surface area contributed by atoms with Gasteiger partial charge in [-0.25, -0.2) is 0 Å². The molecule has 1 aliphatic heterocycles. The lowest BCUT2D eigenvalue weighted by Gasteiger charge is -2.32. The Labute approximate surface area is 94.2 Å². The Kier molecular flexibility index (Phi) is 2.98. The topological polar surface area (TPSA) is 26.7 Å². The molecule has 1 unspecified atom stereocenters. The summed E-state index contributed by atoms with van der Waals surface area (Å²) in [4.78, 5) is 6.33. The fraction of sp³-hybridized carbons (Fsp3) is 0.455. The van der Waals surface area contributed by atoms with Gasteiger partial charge in [0.1, 0.15) is 0 Å². The van der Waals surface area contributed by atoms with E-state index in [2.05, 4.69) is 11.8 Å². The molecular formula is C11H16N2OS. The summed E-state index contributed by atoms with van der Waals surface area (Å²) in [6.07, 6.45) is 3.45. The maximum absolute atomic E-state index is 10.1. The van der Waals surface area contributed by atoms with Gasteiger partial charge in [-0.3, -0.25) is 0 Å². The van der Waals surface area contributed by atoms with Crippen molar-refractivity contribution in [2.45, 2.75) is 13.2 Å². The van der Waals surface area contributed by atoms with Gasteiger partial charge in [0.2, 0.25) is 0 Å². The van der Waals surface area contributed by atoms with Gasteiger partial charge in [0.15, 0.2) is 6.23 Å². The minimum absolute atomic E-state index is 0.492. The molecule has 4 heteroatoms. The molecule has 0 spiro atoms. The minimum atomic E-state index is -0.492. The number of rotatable bonds is 2. The van der Waals surface area contributed by atoms with Gasteiger partial charge in [-0.1, -0.05) is 0 Å². The molecule has 15 heavy (non-hydrogen) atoms. The molecule has 1 aromatic heterocycles. The Morgan fingerprint density at radius 2 is 2.13 bits per heavy atom. The smallest absolute Gasteiger partial charge is 0.162 e. The van der Waals surface area contributed by atoms with Gasteiger partial charge >= 0.3 is 0 Å². The van der Waals surface area contributed by atoms with E-state index in [1.54, 1.807) is 11.3 Å². The zero-order valence-electron chi connectivity index (χ0n) is 9.05. The van der Waals surface area contributed by atoms with Crippen LogP contribution in [0.2, 0.25) is 0 Å². The largest absolute Gasteiger partial charge is 0.377 e. The standard InChI is InChI=1S/C11H16N2OS/c1-9-3-4-10(15-9)11(14)13-7-5-12(2)6-8-13/h3-5,7,11,14H,6,8H2,1-2H3. The van der Waals surface area contributed by atoms with Crippen LogP contribution in [-0.4, -0.2) is 35.0 Å². The highest BCUT2D eigenvalue weighted by molar-refractivity contribution is 7.11. The second-order valence-electron chi connectivity index (χ2n) is 3.84. The van der Waals surface area contributed by atoms with Gasteiger partial charge in [-0.2, -0.15) is 0 Å². The van der Waals surface area contributed by atoms with Crippen LogP contribution in [0.25, 0.3) is 0 Å². The summed E-state index contributed by atoms with van der Waals surface area (Å²) in [5, 5.41) is 10.1.